The molecule has 21 heavy (non-hydrogen) atoms. The van der Waals surface area contributed by atoms with Crippen molar-refractivity contribution in [2.45, 2.75) is 37.5 Å². The number of rotatable bonds is 4. The van der Waals surface area contributed by atoms with Gasteiger partial charge < -0.3 is 5.32 Å². The van der Waals surface area contributed by atoms with E-state index in [-0.39, 0.29) is 5.91 Å². The van der Waals surface area contributed by atoms with Crippen LogP contribution in [0.2, 0.25) is 0 Å². The average Bonchev–Trinajstić information content (AvgIpc) is 3.39. The van der Waals surface area contributed by atoms with Gasteiger partial charge in [0.2, 0.25) is 0 Å². The van der Waals surface area contributed by atoms with Crippen molar-refractivity contribution in [3.05, 3.63) is 35.5 Å². The summed E-state index contributed by atoms with van der Waals surface area (Å²) in [7, 11) is 1.84. The zero-order valence-electron chi connectivity index (χ0n) is 11.9. The van der Waals surface area contributed by atoms with E-state index in [4.69, 9.17) is 0 Å². The normalized spacial score (nSPS) is 17.8. The molecule has 2 aliphatic carbocycles. The Bertz CT molecular complexity index is 683. The van der Waals surface area contributed by atoms with Crippen molar-refractivity contribution in [3.8, 4) is 0 Å². The molecule has 2 saturated carbocycles. The molecule has 4 rings (SSSR count). The molecule has 1 amide bonds. The van der Waals surface area contributed by atoms with Crippen LogP contribution in [0, 0.1) is 0 Å². The highest BCUT2D eigenvalue weighted by molar-refractivity contribution is 6.03. The molecule has 0 aliphatic heterocycles. The first-order valence-corrected chi connectivity index (χ1v) is 7.38. The van der Waals surface area contributed by atoms with Crippen molar-refractivity contribution >= 4 is 11.7 Å². The summed E-state index contributed by atoms with van der Waals surface area (Å²) in [4.78, 5) is 20.8. The van der Waals surface area contributed by atoms with E-state index in [9.17, 15) is 4.79 Å². The number of nitrogens with zero attached hydrogens (tertiary/aromatic N) is 4. The number of amides is 1. The fourth-order valence-corrected chi connectivity index (χ4v) is 2.38. The van der Waals surface area contributed by atoms with E-state index in [0.29, 0.717) is 23.2 Å². The van der Waals surface area contributed by atoms with Crippen LogP contribution in [0.25, 0.3) is 0 Å². The molecule has 2 aromatic heterocycles. The molecule has 0 saturated heterocycles. The predicted octanol–water partition coefficient (Wildman–Crippen LogP) is 2.22. The fourth-order valence-electron chi connectivity index (χ4n) is 2.38. The Kier molecular flexibility index (Phi) is 2.77. The Morgan fingerprint density at radius 1 is 1.19 bits per heavy atom. The first kappa shape index (κ1) is 12.5. The summed E-state index contributed by atoms with van der Waals surface area (Å²) in [5, 5.41) is 7.31. The molecule has 6 nitrogen and oxygen atoms in total. The summed E-state index contributed by atoms with van der Waals surface area (Å²) in [6.45, 7) is 0. The molecular formula is C15H17N5O. The summed E-state index contributed by atoms with van der Waals surface area (Å²) in [5.41, 5.74) is 1.54. The third kappa shape index (κ3) is 2.53. The summed E-state index contributed by atoms with van der Waals surface area (Å²) in [5.74, 6) is 2.45. The second kappa shape index (κ2) is 4.65. The number of anilines is 1. The lowest BCUT2D eigenvalue weighted by molar-refractivity contribution is 0.102. The zero-order chi connectivity index (χ0) is 14.4. The van der Waals surface area contributed by atoms with Gasteiger partial charge in [0.25, 0.3) is 5.91 Å². The van der Waals surface area contributed by atoms with Crippen LogP contribution in [0.3, 0.4) is 0 Å². The summed E-state index contributed by atoms with van der Waals surface area (Å²) < 4.78 is 1.71. The smallest absolute Gasteiger partial charge is 0.259 e. The fraction of sp³-hybridized carbons (Fsp3) is 0.467. The van der Waals surface area contributed by atoms with E-state index in [2.05, 4.69) is 20.4 Å². The first-order chi connectivity index (χ1) is 10.2. The van der Waals surface area contributed by atoms with Gasteiger partial charge in [-0.1, -0.05) is 0 Å². The van der Waals surface area contributed by atoms with Gasteiger partial charge in [-0.15, -0.1) is 0 Å². The minimum atomic E-state index is -0.192. The molecule has 2 fully saturated rings. The van der Waals surface area contributed by atoms with Crippen molar-refractivity contribution in [1.82, 2.24) is 19.7 Å². The zero-order valence-corrected chi connectivity index (χ0v) is 11.9. The first-order valence-electron chi connectivity index (χ1n) is 7.38. The van der Waals surface area contributed by atoms with Gasteiger partial charge in [0, 0.05) is 37.3 Å². The number of hydrogen-bond acceptors (Lipinski definition) is 4. The van der Waals surface area contributed by atoms with Gasteiger partial charge in [0.05, 0.1) is 11.3 Å². The number of aromatic nitrogens is 4. The van der Waals surface area contributed by atoms with Gasteiger partial charge in [-0.25, -0.2) is 9.97 Å². The molecule has 0 spiro atoms. The van der Waals surface area contributed by atoms with E-state index in [1.165, 1.54) is 12.8 Å². The summed E-state index contributed by atoms with van der Waals surface area (Å²) in [6.07, 6.45) is 7.92. The maximum atomic E-state index is 12.2. The van der Waals surface area contributed by atoms with Crippen molar-refractivity contribution < 1.29 is 4.79 Å². The van der Waals surface area contributed by atoms with Crippen molar-refractivity contribution in [2.75, 3.05) is 5.32 Å². The van der Waals surface area contributed by atoms with Crippen LogP contribution in [0.1, 0.15) is 59.4 Å². The molecule has 2 aliphatic rings. The lowest BCUT2D eigenvalue weighted by Gasteiger charge is -2.05. The molecule has 0 radical (unpaired) electrons. The van der Waals surface area contributed by atoms with Gasteiger partial charge in [-0.3, -0.25) is 9.48 Å². The monoisotopic (exact) mass is 283 g/mol. The van der Waals surface area contributed by atoms with Crippen molar-refractivity contribution in [3.63, 3.8) is 0 Å². The number of aryl methyl sites for hydroxylation is 1. The van der Waals surface area contributed by atoms with Crippen molar-refractivity contribution in [1.29, 1.82) is 0 Å². The summed E-state index contributed by atoms with van der Waals surface area (Å²) in [6, 6.07) is 1.95. The second-order valence-corrected chi connectivity index (χ2v) is 5.91. The molecule has 0 aromatic carbocycles. The van der Waals surface area contributed by atoms with Gasteiger partial charge in [0.15, 0.2) is 0 Å². The van der Waals surface area contributed by atoms with Crippen LogP contribution in [-0.4, -0.2) is 25.7 Å². The van der Waals surface area contributed by atoms with Crippen LogP contribution in [0.4, 0.5) is 5.82 Å². The van der Waals surface area contributed by atoms with E-state index in [1.54, 1.807) is 17.1 Å². The van der Waals surface area contributed by atoms with Gasteiger partial charge in [-0.2, -0.15) is 5.10 Å². The molecule has 2 heterocycles. The van der Waals surface area contributed by atoms with E-state index in [0.717, 1.165) is 24.4 Å². The third-order valence-corrected chi connectivity index (χ3v) is 4.01. The SMILES string of the molecule is Cn1nc(C2CC2)cc1NC(=O)c1cnc(C2CC2)nc1. The maximum absolute atomic E-state index is 12.2. The second-order valence-electron chi connectivity index (χ2n) is 5.91. The molecule has 0 bridgehead atoms. The van der Waals surface area contributed by atoms with Gasteiger partial charge >= 0.3 is 0 Å². The number of nitrogens with one attached hydrogen (secondary N) is 1. The Balaban J connectivity index is 1.49. The van der Waals surface area contributed by atoms with E-state index >= 15 is 0 Å². The van der Waals surface area contributed by atoms with Crippen LogP contribution in [0.5, 0.6) is 0 Å². The number of hydrogen-bond donors (Lipinski definition) is 1. The highest BCUT2D eigenvalue weighted by Gasteiger charge is 2.28. The Morgan fingerprint density at radius 2 is 1.86 bits per heavy atom. The Morgan fingerprint density at radius 3 is 2.48 bits per heavy atom. The van der Waals surface area contributed by atoms with E-state index < -0.39 is 0 Å². The highest BCUT2D eigenvalue weighted by atomic mass is 16.1. The van der Waals surface area contributed by atoms with Gasteiger partial charge in [-0.05, 0) is 25.7 Å². The number of carbonyl (C=O) groups is 1. The molecule has 1 N–H and O–H groups in total. The van der Waals surface area contributed by atoms with E-state index in [1.807, 2.05) is 13.1 Å². The standard InChI is InChI=1S/C15H17N5O/c1-20-13(6-12(19-20)9-2-3-9)18-15(21)11-7-16-14(17-8-11)10-4-5-10/h6-10H,2-5H2,1H3,(H,18,21). The molecular weight excluding hydrogens is 266 g/mol. The minimum absolute atomic E-state index is 0.192. The highest BCUT2D eigenvalue weighted by Crippen LogP contribution is 2.40. The third-order valence-electron chi connectivity index (χ3n) is 4.01. The Hall–Kier alpha value is -2.24. The molecule has 2 aromatic rings. The topological polar surface area (TPSA) is 72.7 Å². The van der Waals surface area contributed by atoms with Crippen LogP contribution in [-0.2, 0) is 7.05 Å². The lowest BCUT2D eigenvalue weighted by atomic mass is 10.3. The largest absolute Gasteiger partial charge is 0.307 e. The Labute approximate surface area is 122 Å². The maximum Gasteiger partial charge on any atom is 0.259 e. The molecule has 0 atom stereocenters. The van der Waals surface area contributed by atoms with Crippen molar-refractivity contribution in [2.24, 2.45) is 7.05 Å². The predicted molar refractivity (Wildman–Crippen MR) is 77.1 cm³/mol. The lowest BCUT2D eigenvalue weighted by Crippen LogP contribution is -2.15. The van der Waals surface area contributed by atoms with Gasteiger partial charge in [0.1, 0.15) is 11.6 Å². The number of carbonyl (C=O) groups excluding carboxylic acids is 1. The molecule has 0 unspecified atom stereocenters. The van der Waals surface area contributed by atoms with Crippen LogP contribution >= 0.6 is 0 Å². The minimum Gasteiger partial charge on any atom is -0.307 e. The average molecular weight is 283 g/mol. The molecule has 108 valence electrons. The van der Waals surface area contributed by atoms with Crippen LogP contribution in [0.15, 0.2) is 18.5 Å². The quantitative estimate of drug-likeness (QED) is 0.933. The summed E-state index contributed by atoms with van der Waals surface area (Å²) >= 11 is 0. The van der Waals surface area contributed by atoms with Crippen LogP contribution < -0.4 is 5.32 Å². The molecule has 6 heteroatoms.